The van der Waals surface area contributed by atoms with Gasteiger partial charge in [-0.15, -0.1) is 0 Å². The van der Waals surface area contributed by atoms with Gasteiger partial charge in [-0.2, -0.15) is 0 Å². The lowest BCUT2D eigenvalue weighted by atomic mass is 10.2. The van der Waals surface area contributed by atoms with Crippen molar-refractivity contribution in [1.29, 1.82) is 0 Å². The molecule has 0 spiro atoms. The number of nitrogens with one attached hydrogen (secondary N) is 1. The highest BCUT2D eigenvalue weighted by Crippen LogP contribution is 2.17. The fourth-order valence-corrected chi connectivity index (χ4v) is 3.78. The Morgan fingerprint density at radius 3 is 2.70 bits per heavy atom. The molecule has 1 aliphatic heterocycles. The Kier molecular flexibility index (Phi) is 3.80. The molecule has 20 heavy (non-hydrogen) atoms. The van der Waals surface area contributed by atoms with Gasteiger partial charge in [0.1, 0.15) is 5.76 Å². The monoisotopic (exact) mass is 301 g/mol. The lowest BCUT2D eigenvalue weighted by Crippen LogP contribution is -2.43. The standard InChI is InChI=1S/C11H15N3O5S/c1-7-5-9(13-19-7)12-10(15)11(16)14(2)8-3-4-20(17,18)6-8/h5,8H,3-4,6H2,1-2H3,(H,12,13,15). The van der Waals surface area contributed by atoms with Crippen LogP contribution in [0.4, 0.5) is 5.82 Å². The smallest absolute Gasteiger partial charge is 0.315 e. The lowest BCUT2D eigenvalue weighted by molar-refractivity contribution is -0.143. The van der Waals surface area contributed by atoms with Gasteiger partial charge < -0.3 is 9.42 Å². The number of carbonyl (C=O) groups excluding carboxylic acids is 2. The minimum Gasteiger partial charge on any atom is -0.360 e. The van der Waals surface area contributed by atoms with Gasteiger partial charge in [-0.05, 0) is 13.3 Å². The maximum atomic E-state index is 11.9. The molecule has 2 heterocycles. The van der Waals surface area contributed by atoms with Crippen molar-refractivity contribution >= 4 is 27.5 Å². The average Bonchev–Trinajstić information content (AvgIpc) is 2.93. The fraction of sp³-hybridized carbons (Fsp3) is 0.545. The molecule has 1 aliphatic rings. The zero-order chi connectivity index (χ0) is 14.9. The van der Waals surface area contributed by atoms with Crippen LogP contribution in [0.5, 0.6) is 0 Å². The molecule has 0 saturated carbocycles. The molecule has 9 heteroatoms. The third-order valence-corrected chi connectivity index (χ3v) is 4.89. The first-order valence-electron chi connectivity index (χ1n) is 6.00. The average molecular weight is 301 g/mol. The van der Waals surface area contributed by atoms with Gasteiger partial charge in [0, 0.05) is 19.2 Å². The number of hydrogen-bond donors (Lipinski definition) is 1. The van der Waals surface area contributed by atoms with E-state index in [-0.39, 0.29) is 17.3 Å². The molecule has 1 atom stereocenters. The largest absolute Gasteiger partial charge is 0.360 e. The molecular formula is C11H15N3O5S. The topological polar surface area (TPSA) is 110 Å². The molecule has 0 aromatic carbocycles. The maximum absolute atomic E-state index is 11.9. The van der Waals surface area contributed by atoms with Gasteiger partial charge in [-0.3, -0.25) is 14.9 Å². The second-order valence-electron chi connectivity index (χ2n) is 4.75. The summed E-state index contributed by atoms with van der Waals surface area (Å²) in [6, 6.07) is 1.02. The van der Waals surface area contributed by atoms with Crippen molar-refractivity contribution in [2.45, 2.75) is 19.4 Å². The van der Waals surface area contributed by atoms with E-state index in [4.69, 9.17) is 4.52 Å². The van der Waals surface area contributed by atoms with Gasteiger partial charge in [0.05, 0.1) is 11.5 Å². The molecule has 2 amide bonds. The second kappa shape index (κ2) is 5.23. The van der Waals surface area contributed by atoms with Gasteiger partial charge in [0.15, 0.2) is 15.7 Å². The van der Waals surface area contributed by atoms with Gasteiger partial charge >= 0.3 is 11.8 Å². The zero-order valence-corrected chi connectivity index (χ0v) is 11.9. The Morgan fingerprint density at radius 2 is 2.20 bits per heavy atom. The van der Waals surface area contributed by atoms with Crippen LogP contribution in [0.3, 0.4) is 0 Å². The Balaban J connectivity index is 1.98. The summed E-state index contributed by atoms with van der Waals surface area (Å²) in [5, 5.41) is 5.85. The Hall–Kier alpha value is -1.90. The van der Waals surface area contributed by atoms with E-state index < -0.39 is 27.7 Å². The quantitative estimate of drug-likeness (QED) is 0.742. The summed E-state index contributed by atoms with van der Waals surface area (Å²) >= 11 is 0. The number of anilines is 1. The van der Waals surface area contributed by atoms with Crippen LogP contribution >= 0.6 is 0 Å². The highest BCUT2D eigenvalue weighted by Gasteiger charge is 2.34. The van der Waals surface area contributed by atoms with E-state index in [1.54, 1.807) is 6.92 Å². The number of rotatable bonds is 2. The Bertz CT molecular complexity index is 636. The number of nitrogens with zero attached hydrogens (tertiary/aromatic N) is 2. The van der Waals surface area contributed by atoms with E-state index in [0.29, 0.717) is 12.2 Å². The Morgan fingerprint density at radius 1 is 1.50 bits per heavy atom. The molecule has 1 saturated heterocycles. The maximum Gasteiger partial charge on any atom is 0.315 e. The predicted octanol–water partition coefficient (Wildman–Crippen LogP) is -0.433. The molecule has 0 aliphatic carbocycles. The van der Waals surface area contributed by atoms with E-state index in [0.717, 1.165) is 4.90 Å². The summed E-state index contributed by atoms with van der Waals surface area (Å²) in [6.07, 6.45) is 0.348. The molecule has 1 fully saturated rings. The molecular weight excluding hydrogens is 286 g/mol. The Labute approximate surface area is 116 Å². The highest BCUT2D eigenvalue weighted by molar-refractivity contribution is 7.91. The van der Waals surface area contributed by atoms with Gasteiger partial charge in [-0.25, -0.2) is 8.42 Å². The molecule has 8 nitrogen and oxygen atoms in total. The third-order valence-electron chi connectivity index (χ3n) is 3.14. The number of aryl methyl sites for hydroxylation is 1. The van der Waals surface area contributed by atoms with Gasteiger partial charge in [0.2, 0.25) is 0 Å². The number of aromatic nitrogens is 1. The van der Waals surface area contributed by atoms with Crippen LogP contribution in [0.1, 0.15) is 12.2 Å². The van der Waals surface area contributed by atoms with E-state index in [2.05, 4.69) is 10.5 Å². The summed E-state index contributed by atoms with van der Waals surface area (Å²) in [4.78, 5) is 24.8. The predicted molar refractivity (Wildman–Crippen MR) is 69.7 cm³/mol. The van der Waals surface area contributed by atoms with Crippen molar-refractivity contribution in [2.75, 3.05) is 23.9 Å². The minimum absolute atomic E-state index is 0.0411. The molecule has 1 aromatic heterocycles. The fourth-order valence-electron chi connectivity index (χ4n) is 2.00. The second-order valence-corrected chi connectivity index (χ2v) is 6.98. The van der Waals surface area contributed by atoms with Gasteiger partial charge in [-0.1, -0.05) is 5.16 Å². The molecule has 1 aromatic rings. The minimum atomic E-state index is -3.11. The molecule has 1 unspecified atom stereocenters. The van der Waals surface area contributed by atoms with Crippen LogP contribution in [0, 0.1) is 6.92 Å². The normalized spacial score (nSPS) is 20.6. The van der Waals surface area contributed by atoms with Crippen LogP contribution in [-0.2, 0) is 19.4 Å². The van der Waals surface area contributed by atoms with Crippen LogP contribution in [-0.4, -0.2) is 54.9 Å². The van der Waals surface area contributed by atoms with Crippen molar-refractivity contribution in [3.05, 3.63) is 11.8 Å². The van der Waals surface area contributed by atoms with E-state index in [1.165, 1.54) is 13.1 Å². The molecule has 1 N–H and O–H groups in total. The summed E-state index contributed by atoms with van der Waals surface area (Å²) in [5.41, 5.74) is 0. The first-order chi connectivity index (χ1) is 9.28. The van der Waals surface area contributed by atoms with Crippen LogP contribution < -0.4 is 5.32 Å². The van der Waals surface area contributed by atoms with Crippen LogP contribution in [0.25, 0.3) is 0 Å². The number of hydrogen-bond acceptors (Lipinski definition) is 6. The summed E-state index contributed by atoms with van der Waals surface area (Å²) in [6.45, 7) is 1.65. The SMILES string of the molecule is Cc1cc(NC(=O)C(=O)N(C)C2CCS(=O)(=O)C2)no1. The van der Waals surface area contributed by atoms with Crippen molar-refractivity contribution < 1.29 is 22.5 Å². The molecule has 0 radical (unpaired) electrons. The number of carbonyl (C=O) groups is 2. The first kappa shape index (κ1) is 14.5. The van der Waals surface area contributed by atoms with Crippen molar-refractivity contribution in [3.8, 4) is 0 Å². The van der Waals surface area contributed by atoms with Gasteiger partial charge in [0.25, 0.3) is 0 Å². The van der Waals surface area contributed by atoms with Crippen LogP contribution in [0.2, 0.25) is 0 Å². The molecule has 110 valence electrons. The van der Waals surface area contributed by atoms with Crippen molar-refractivity contribution in [2.24, 2.45) is 0 Å². The van der Waals surface area contributed by atoms with Crippen molar-refractivity contribution in [1.82, 2.24) is 10.1 Å². The van der Waals surface area contributed by atoms with E-state index >= 15 is 0 Å². The lowest BCUT2D eigenvalue weighted by Gasteiger charge is -2.22. The highest BCUT2D eigenvalue weighted by atomic mass is 32.2. The number of amides is 2. The number of likely N-dealkylation sites (N-methyl/N-ethyl adjacent to an activating group) is 1. The number of sulfone groups is 1. The van der Waals surface area contributed by atoms with Crippen LogP contribution in [0.15, 0.2) is 10.6 Å². The molecule has 2 rings (SSSR count). The van der Waals surface area contributed by atoms with E-state index in [9.17, 15) is 18.0 Å². The van der Waals surface area contributed by atoms with E-state index in [1.807, 2.05) is 0 Å². The zero-order valence-electron chi connectivity index (χ0n) is 11.1. The van der Waals surface area contributed by atoms with Crippen molar-refractivity contribution in [3.63, 3.8) is 0 Å². The first-order valence-corrected chi connectivity index (χ1v) is 7.82. The summed E-state index contributed by atoms with van der Waals surface area (Å²) in [7, 11) is -1.69. The summed E-state index contributed by atoms with van der Waals surface area (Å²) < 4.78 is 27.5. The summed E-state index contributed by atoms with van der Waals surface area (Å²) in [5.74, 6) is -1.08. The third kappa shape index (κ3) is 3.16. The molecule has 0 bridgehead atoms.